The lowest BCUT2D eigenvalue weighted by molar-refractivity contribution is 0.0946. The third kappa shape index (κ3) is 2.85. The van der Waals surface area contributed by atoms with Crippen molar-refractivity contribution in [1.29, 1.82) is 0 Å². The molecule has 0 spiro atoms. The van der Waals surface area contributed by atoms with Gasteiger partial charge in [0.05, 0.1) is 13.4 Å². The van der Waals surface area contributed by atoms with E-state index in [2.05, 4.69) is 10.3 Å². The zero-order valence-electron chi connectivity index (χ0n) is 11.9. The molecule has 0 aliphatic rings. The maximum Gasteiger partial charge on any atom is 0.274 e. The minimum absolute atomic E-state index is 0.198. The minimum atomic E-state index is -0.323. The van der Waals surface area contributed by atoms with Crippen LogP contribution in [0.15, 0.2) is 57.9 Å². The van der Waals surface area contributed by atoms with Gasteiger partial charge in [-0.25, -0.2) is 4.98 Å². The van der Waals surface area contributed by atoms with E-state index >= 15 is 0 Å². The summed E-state index contributed by atoms with van der Waals surface area (Å²) in [5.41, 5.74) is 1.15. The number of carbonyl (C=O) groups excluding carboxylic acids is 1. The number of nitrogens with zero attached hydrogens (tertiary/aromatic N) is 1. The smallest absolute Gasteiger partial charge is 0.274 e. The Kier molecular flexibility index (Phi) is 3.91. The summed E-state index contributed by atoms with van der Waals surface area (Å²) in [5, 5.41) is 2.80. The molecule has 1 amide bonds. The number of hydrogen-bond donors (Lipinski definition) is 1. The van der Waals surface area contributed by atoms with Crippen molar-refractivity contribution in [2.75, 3.05) is 7.11 Å². The van der Waals surface area contributed by atoms with Crippen molar-refractivity contribution in [3.8, 4) is 17.3 Å². The lowest BCUT2D eigenvalue weighted by Gasteiger charge is -2.05. The van der Waals surface area contributed by atoms with E-state index in [1.54, 1.807) is 19.2 Å². The van der Waals surface area contributed by atoms with Crippen molar-refractivity contribution >= 4 is 5.91 Å². The Balaban J connectivity index is 1.69. The maximum absolute atomic E-state index is 12.2. The zero-order valence-corrected chi connectivity index (χ0v) is 11.9. The largest absolute Gasteiger partial charge is 0.497 e. The number of carbonyl (C=O) groups is 1. The van der Waals surface area contributed by atoms with E-state index in [9.17, 15) is 4.79 Å². The summed E-state index contributed by atoms with van der Waals surface area (Å²) in [4.78, 5) is 16.2. The predicted octanol–water partition coefficient (Wildman–Crippen LogP) is 2.87. The van der Waals surface area contributed by atoms with Crippen LogP contribution in [-0.2, 0) is 6.54 Å². The molecule has 1 N–H and O–H groups in total. The molecular formula is C16H14N2O4. The van der Waals surface area contributed by atoms with Crippen LogP contribution in [-0.4, -0.2) is 18.0 Å². The molecule has 22 heavy (non-hydrogen) atoms. The Morgan fingerprint density at radius 1 is 1.23 bits per heavy atom. The average molecular weight is 298 g/mol. The van der Waals surface area contributed by atoms with Gasteiger partial charge in [-0.05, 0) is 29.8 Å². The van der Waals surface area contributed by atoms with E-state index in [0.29, 0.717) is 18.1 Å². The summed E-state index contributed by atoms with van der Waals surface area (Å²) in [6.45, 7) is 0.382. The number of nitrogens with one attached hydrogen (secondary N) is 1. The summed E-state index contributed by atoms with van der Waals surface area (Å²) < 4.78 is 15.6. The average Bonchev–Trinajstić information content (AvgIpc) is 3.23. The number of rotatable bonds is 5. The number of hydrogen-bond acceptors (Lipinski definition) is 5. The van der Waals surface area contributed by atoms with Gasteiger partial charge in [-0.15, -0.1) is 0 Å². The van der Waals surface area contributed by atoms with Crippen LogP contribution >= 0.6 is 0 Å². The van der Waals surface area contributed by atoms with Crippen LogP contribution in [0.2, 0.25) is 0 Å². The van der Waals surface area contributed by atoms with Gasteiger partial charge >= 0.3 is 0 Å². The quantitative estimate of drug-likeness (QED) is 0.783. The summed E-state index contributed by atoms with van der Waals surface area (Å²) in [5.74, 6) is 1.23. The Labute approximate surface area is 126 Å². The molecule has 0 aliphatic heterocycles. The molecular weight excluding hydrogens is 284 g/mol. The Morgan fingerprint density at radius 2 is 2.05 bits per heavy atom. The van der Waals surface area contributed by atoms with Gasteiger partial charge < -0.3 is 18.9 Å². The van der Waals surface area contributed by atoms with Crippen molar-refractivity contribution in [3.63, 3.8) is 0 Å². The van der Waals surface area contributed by atoms with Crippen LogP contribution in [0.3, 0.4) is 0 Å². The molecule has 0 unspecified atom stereocenters. The molecule has 0 atom stereocenters. The lowest BCUT2D eigenvalue weighted by atomic mass is 10.2. The molecule has 3 aromatic rings. The number of methoxy groups -OCH3 is 1. The monoisotopic (exact) mass is 298 g/mol. The standard InChI is InChI=1S/C16H14N2O4/c1-20-12-6-4-11(5-7-12)9-17-16(19)14-15(22-10-18-14)13-3-2-8-21-13/h2-8,10H,9H2,1H3,(H,17,19). The highest BCUT2D eigenvalue weighted by Gasteiger charge is 2.19. The number of aromatic nitrogens is 1. The summed E-state index contributed by atoms with van der Waals surface area (Å²) >= 11 is 0. The topological polar surface area (TPSA) is 77.5 Å². The molecule has 112 valence electrons. The van der Waals surface area contributed by atoms with Gasteiger partial charge in [0, 0.05) is 6.54 Å². The molecule has 1 aromatic carbocycles. The highest BCUT2D eigenvalue weighted by Crippen LogP contribution is 2.23. The molecule has 0 saturated carbocycles. The fraction of sp³-hybridized carbons (Fsp3) is 0.125. The van der Waals surface area contributed by atoms with Crippen molar-refractivity contribution in [2.24, 2.45) is 0 Å². The van der Waals surface area contributed by atoms with Gasteiger partial charge in [0.15, 0.2) is 17.8 Å². The first-order chi connectivity index (χ1) is 10.8. The van der Waals surface area contributed by atoms with Gasteiger partial charge in [0.2, 0.25) is 5.76 Å². The number of ether oxygens (including phenoxy) is 1. The second-order valence-electron chi connectivity index (χ2n) is 4.54. The second kappa shape index (κ2) is 6.17. The van der Waals surface area contributed by atoms with Crippen molar-refractivity contribution in [1.82, 2.24) is 10.3 Å². The SMILES string of the molecule is COc1ccc(CNC(=O)c2ncoc2-c2ccco2)cc1. The van der Waals surface area contributed by atoms with Crippen LogP contribution in [0.5, 0.6) is 5.75 Å². The van der Waals surface area contributed by atoms with Gasteiger partial charge in [0.25, 0.3) is 5.91 Å². The lowest BCUT2D eigenvalue weighted by Crippen LogP contribution is -2.23. The molecule has 2 aromatic heterocycles. The molecule has 6 heteroatoms. The molecule has 2 heterocycles. The molecule has 6 nitrogen and oxygen atoms in total. The van der Waals surface area contributed by atoms with E-state index in [-0.39, 0.29) is 11.6 Å². The third-order valence-electron chi connectivity index (χ3n) is 3.14. The number of furan rings is 1. The first-order valence-corrected chi connectivity index (χ1v) is 6.66. The fourth-order valence-electron chi connectivity index (χ4n) is 2.00. The molecule has 0 saturated heterocycles. The first kappa shape index (κ1) is 13.9. The highest BCUT2D eigenvalue weighted by molar-refractivity contribution is 5.97. The zero-order chi connectivity index (χ0) is 15.4. The predicted molar refractivity (Wildman–Crippen MR) is 78.4 cm³/mol. The number of benzene rings is 1. The minimum Gasteiger partial charge on any atom is -0.497 e. The Morgan fingerprint density at radius 3 is 2.73 bits per heavy atom. The summed E-state index contributed by atoms with van der Waals surface area (Å²) in [6.07, 6.45) is 2.73. The third-order valence-corrected chi connectivity index (χ3v) is 3.14. The van der Waals surface area contributed by atoms with Crippen molar-refractivity contribution in [3.05, 3.63) is 60.3 Å². The van der Waals surface area contributed by atoms with Gasteiger partial charge in [-0.1, -0.05) is 12.1 Å². The van der Waals surface area contributed by atoms with Crippen LogP contribution in [0.1, 0.15) is 16.1 Å². The van der Waals surface area contributed by atoms with E-state index in [0.717, 1.165) is 11.3 Å². The fourth-order valence-corrected chi connectivity index (χ4v) is 2.00. The van der Waals surface area contributed by atoms with Crippen LogP contribution in [0.25, 0.3) is 11.5 Å². The van der Waals surface area contributed by atoms with Gasteiger partial charge in [-0.3, -0.25) is 4.79 Å². The van der Waals surface area contributed by atoms with Gasteiger partial charge in [-0.2, -0.15) is 0 Å². The highest BCUT2D eigenvalue weighted by atomic mass is 16.5. The van der Waals surface area contributed by atoms with E-state index in [4.69, 9.17) is 13.6 Å². The van der Waals surface area contributed by atoms with Crippen LogP contribution in [0.4, 0.5) is 0 Å². The van der Waals surface area contributed by atoms with Gasteiger partial charge in [0.1, 0.15) is 5.75 Å². The number of amides is 1. The summed E-state index contributed by atoms with van der Waals surface area (Å²) in [6, 6.07) is 10.9. The Hall–Kier alpha value is -3.02. The normalized spacial score (nSPS) is 10.4. The molecule has 0 fully saturated rings. The summed E-state index contributed by atoms with van der Waals surface area (Å²) in [7, 11) is 1.61. The van der Waals surface area contributed by atoms with Crippen molar-refractivity contribution in [2.45, 2.75) is 6.54 Å². The Bertz CT molecular complexity index is 745. The molecule has 3 rings (SSSR count). The first-order valence-electron chi connectivity index (χ1n) is 6.66. The molecule has 0 aliphatic carbocycles. The van der Waals surface area contributed by atoms with E-state index in [1.165, 1.54) is 12.7 Å². The maximum atomic E-state index is 12.2. The number of oxazole rings is 1. The van der Waals surface area contributed by atoms with Crippen LogP contribution < -0.4 is 10.1 Å². The molecule has 0 bridgehead atoms. The van der Waals surface area contributed by atoms with E-state index < -0.39 is 0 Å². The van der Waals surface area contributed by atoms with E-state index in [1.807, 2.05) is 24.3 Å². The second-order valence-corrected chi connectivity index (χ2v) is 4.54. The molecule has 0 radical (unpaired) electrons. The van der Waals surface area contributed by atoms with Crippen LogP contribution in [0, 0.1) is 0 Å². The van der Waals surface area contributed by atoms with Crippen molar-refractivity contribution < 1.29 is 18.4 Å².